The Hall–Kier alpha value is -2.39. The first kappa shape index (κ1) is 18.4. The lowest BCUT2D eigenvalue weighted by atomic mass is 9.98. The van der Waals surface area contributed by atoms with Crippen molar-refractivity contribution in [2.75, 3.05) is 26.3 Å². The second-order valence-corrected chi connectivity index (χ2v) is 7.13. The van der Waals surface area contributed by atoms with Gasteiger partial charge in [0.2, 0.25) is 0 Å². The number of ether oxygens (including phenoxy) is 1. The summed E-state index contributed by atoms with van der Waals surface area (Å²) in [5.74, 6) is 0.634. The van der Waals surface area contributed by atoms with E-state index in [1.54, 1.807) is 0 Å². The van der Waals surface area contributed by atoms with E-state index in [1.165, 1.54) is 16.7 Å². The van der Waals surface area contributed by atoms with E-state index >= 15 is 0 Å². The van der Waals surface area contributed by atoms with Crippen molar-refractivity contribution in [1.82, 2.24) is 4.90 Å². The van der Waals surface area contributed by atoms with Crippen molar-refractivity contribution in [3.8, 4) is 0 Å². The fourth-order valence-corrected chi connectivity index (χ4v) is 3.14. The molecule has 1 saturated heterocycles. The number of nitrogens with zero attached hydrogens (tertiary/aromatic N) is 1. The van der Waals surface area contributed by atoms with Crippen molar-refractivity contribution in [3.05, 3.63) is 70.8 Å². The maximum Gasteiger partial charge on any atom is 0.254 e. The number of morpholine rings is 1. The van der Waals surface area contributed by atoms with E-state index in [4.69, 9.17) is 4.74 Å². The predicted molar refractivity (Wildman–Crippen MR) is 107 cm³/mol. The van der Waals surface area contributed by atoms with Crippen molar-refractivity contribution >= 4 is 17.6 Å². The topological polar surface area (TPSA) is 29.5 Å². The molecule has 0 bridgehead atoms. The Morgan fingerprint density at radius 1 is 0.962 bits per heavy atom. The molecular weight excluding hydrogens is 322 g/mol. The minimum atomic E-state index is 0.0878. The average molecular weight is 349 g/mol. The SMILES string of the molecule is CC(=Cc1ccc(C(=O)N2CCOCC2)cc1)c1ccc(C(C)C)cc1. The van der Waals surface area contributed by atoms with E-state index in [0.717, 1.165) is 11.1 Å². The van der Waals surface area contributed by atoms with Crippen molar-refractivity contribution in [2.24, 2.45) is 0 Å². The Labute approximate surface area is 156 Å². The summed E-state index contributed by atoms with van der Waals surface area (Å²) in [7, 11) is 0. The van der Waals surface area contributed by atoms with Gasteiger partial charge in [-0.25, -0.2) is 0 Å². The molecule has 3 heteroatoms. The van der Waals surface area contributed by atoms with Crippen LogP contribution >= 0.6 is 0 Å². The van der Waals surface area contributed by atoms with Gasteiger partial charge in [-0.05, 0) is 47.2 Å². The summed E-state index contributed by atoms with van der Waals surface area (Å²) in [4.78, 5) is 14.4. The molecule has 0 saturated carbocycles. The molecule has 0 unspecified atom stereocenters. The average Bonchev–Trinajstić information content (AvgIpc) is 2.68. The fourth-order valence-electron chi connectivity index (χ4n) is 3.14. The third kappa shape index (κ3) is 4.41. The number of amides is 1. The Kier molecular flexibility index (Phi) is 5.89. The lowest BCUT2D eigenvalue weighted by Crippen LogP contribution is -2.40. The Bertz CT molecular complexity index is 767. The lowest BCUT2D eigenvalue weighted by molar-refractivity contribution is 0.0303. The predicted octanol–water partition coefficient (Wildman–Crippen LogP) is 4.84. The van der Waals surface area contributed by atoms with Gasteiger partial charge in [-0.2, -0.15) is 0 Å². The van der Waals surface area contributed by atoms with Crippen LogP contribution in [-0.4, -0.2) is 37.1 Å². The number of allylic oxidation sites excluding steroid dienone is 1. The van der Waals surface area contributed by atoms with Crippen LogP contribution in [0.15, 0.2) is 48.5 Å². The van der Waals surface area contributed by atoms with Gasteiger partial charge in [0.1, 0.15) is 0 Å². The monoisotopic (exact) mass is 349 g/mol. The zero-order valence-corrected chi connectivity index (χ0v) is 15.9. The van der Waals surface area contributed by atoms with Crippen LogP contribution < -0.4 is 0 Å². The van der Waals surface area contributed by atoms with Gasteiger partial charge < -0.3 is 9.64 Å². The first-order chi connectivity index (χ1) is 12.5. The Morgan fingerprint density at radius 3 is 2.12 bits per heavy atom. The zero-order valence-electron chi connectivity index (χ0n) is 15.9. The molecule has 3 nitrogen and oxygen atoms in total. The highest BCUT2D eigenvalue weighted by Gasteiger charge is 2.18. The molecule has 0 N–H and O–H groups in total. The van der Waals surface area contributed by atoms with Crippen LogP contribution in [0.5, 0.6) is 0 Å². The van der Waals surface area contributed by atoms with Crippen LogP contribution in [0.2, 0.25) is 0 Å². The van der Waals surface area contributed by atoms with Crippen molar-refractivity contribution in [2.45, 2.75) is 26.7 Å². The van der Waals surface area contributed by atoms with Crippen molar-refractivity contribution in [1.29, 1.82) is 0 Å². The van der Waals surface area contributed by atoms with Crippen LogP contribution in [0.25, 0.3) is 11.6 Å². The second kappa shape index (κ2) is 8.33. The maximum absolute atomic E-state index is 12.5. The minimum absolute atomic E-state index is 0.0878. The standard InChI is InChI=1S/C23H27NO2/c1-17(2)20-8-10-21(11-9-20)18(3)16-19-4-6-22(7-5-19)23(25)24-12-14-26-15-13-24/h4-11,16-17H,12-15H2,1-3H3. The number of carbonyl (C=O) groups excluding carboxylic acids is 1. The number of benzene rings is 2. The highest BCUT2D eigenvalue weighted by Crippen LogP contribution is 2.21. The Morgan fingerprint density at radius 2 is 1.54 bits per heavy atom. The quantitative estimate of drug-likeness (QED) is 0.739. The first-order valence-corrected chi connectivity index (χ1v) is 9.30. The summed E-state index contributed by atoms with van der Waals surface area (Å²) in [6.07, 6.45) is 2.16. The van der Waals surface area contributed by atoms with Gasteiger partial charge in [0.15, 0.2) is 0 Å². The first-order valence-electron chi connectivity index (χ1n) is 9.30. The molecule has 0 radical (unpaired) electrons. The largest absolute Gasteiger partial charge is 0.378 e. The van der Waals surface area contributed by atoms with Crippen LogP contribution in [0.1, 0.15) is 53.7 Å². The van der Waals surface area contributed by atoms with Crippen LogP contribution in [0, 0.1) is 0 Å². The van der Waals surface area contributed by atoms with Crippen molar-refractivity contribution < 1.29 is 9.53 Å². The zero-order chi connectivity index (χ0) is 18.5. The maximum atomic E-state index is 12.5. The highest BCUT2D eigenvalue weighted by molar-refractivity contribution is 5.94. The molecule has 136 valence electrons. The van der Waals surface area contributed by atoms with Crippen LogP contribution in [0.4, 0.5) is 0 Å². The highest BCUT2D eigenvalue weighted by atomic mass is 16.5. The van der Waals surface area contributed by atoms with Crippen molar-refractivity contribution in [3.63, 3.8) is 0 Å². The van der Waals surface area contributed by atoms with E-state index < -0.39 is 0 Å². The van der Waals surface area contributed by atoms with Crippen LogP contribution in [0.3, 0.4) is 0 Å². The van der Waals surface area contributed by atoms with Gasteiger partial charge in [0.25, 0.3) is 5.91 Å². The number of carbonyl (C=O) groups is 1. The second-order valence-electron chi connectivity index (χ2n) is 7.13. The molecule has 0 atom stereocenters. The third-order valence-corrected chi connectivity index (χ3v) is 4.87. The van der Waals surface area contributed by atoms with E-state index in [0.29, 0.717) is 32.2 Å². The number of hydrogen-bond donors (Lipinski definition) is 0. The summed E-state index contributed by atoms with van der Waals surface area (Å²) >= 11 is 0. The summed E-state index contributed by atoms with van der Waals surface area (Å²) in [6, 6.07) is 16.6. The molecular formula is C23H27NO2. The summed E-state index contributed by atoms with van der Waals surface area (Å²) in [5.41, 5.74) is 5.64. The van der Waals surface area contributed by atoms with Gasteiger partial charge in [-0.3, -0.25) is 4.79 Å². The van der Waals surface area contributed by atoms with Gasteiger partial charge >= 0.3 is 0 Å². The molecule has 1 aliphatic rings. The molecule has 26 heavy (non-hydrogen) atoms. The molecule has 0 aliphatic carbocycles. The minimum Gasteiger partial charge on any atom is -0.378 e. The smallest absolute Gasteiger partial charge is 0.254 e. The van der Waals surface area contributed by atoms with Gasteiger partial charge in [0, 0.05) is 18.7 Å². The number of rotatable bonds is 4. The summed E-state index contributed by atoms with van der Waals surface area (Å²) in [5, 5.41) is 0. The summed E-state index contributed by atoms with van der Waals surface area (Å²) < 4.78 is 5.31. The molecule has 3 rings (SSSR count). The van der Waals surface area contributed by atoms with Gasteiger partial charge in [-0.15, -0.1) is 0 Å². The summed E-state index contributed by atoms with van der Waals surface area (Å²) in [6.45, 7) is 9.13. The molecule has 2 aromatic carbocycles. The van der Waals surface area contributed by atoms with E-state index in [2.05, 4.69) is 51.1 Å². The normalized spacial score (nSPS) is 15.4. The molecule has 1 aliphatic heterocycles. The third-order valence-electron chi connectivity index (χ3n) is 4.87. The van der Waals surface area contributed by atoms with Gasteiger partial charge in [-0.1, -0.05) is 56.3 Å². The molecule has 1 fully saturated rings. The van der Waals surface area contributed by atoms with Crippen LogP contribution in [-0.2, 0) is 4.74 Å². The van der Waals surface area contributed by atoms with Gasteiger partial charge in [0.05, 0.1) is 13.2 Å². The molecule has 2 aromatic rings. The molecule has 1 amide bonds. The molecule has 0 spiro atoms. The molecule has 0 aromatic heterocycles. The fraction of sp³-hybridized carbons (Fsp3) is 0.348. The van der Waals surface area contributed by atoms with E-state index in [-0.39, 0.29) is 5.91 Å². The molecule has 1 heterocycles. The number of hydrogen-bond acceptors (Lipinski definition) is 2. The lowest BCUT2D eigenvalue weighted by Gasteiger charge is -2.26. The van der Waals surface area contributed by atoms with E-state index in [1.807, 2.05) is 29.2 Å². The Balaban J connectivity index is 1.71. The van der Waals surface area contributed by atoms with E-state index in [9.17, 15) is 4.79 Å².